The second-order valence-electron chi connectivity index (χ2n) is 2.87. The first kappa shape index (κ1) is 6.56. The van der Waals surface area contributed by atoms with E-state index in [1.807, 2.05) is 0 Å². The first-order chi connectivity index (χ1) is 3.77. The summed E-state index contributed by atoms with van der Waals surface area (Å²) in [6.07, 6.45) is 1.32. The Hall–Kier alpha value is 0.440. The SMILES string of the molecule is CC1(CBr)CCNC1. The van der Waals surface area contributed by atoms with Crippen molar-refractivity contribution in [3.63, 3.8) is 0 Å². The van der Waals surface area contributed by atoms with Crippen LogP contribution in [0.2, 0.25) is 0 Å². The third-order valence-electron chi connectivity index (χ3n) is 1.78. The highest BCUT2D eigenvalue weighted by molar-refractivity contribution is 9.09. The molecule has 1 fully saturated rings. The molecule has 1 rings (SSSR count). The van der Waals surface area contributed by atoms with Crippen molar-refractivity contribution >= 4 is 15.9 Å². The number of halogens is 1. The number of rotatable bonds is 1. The zero-order chi connectivity index (χ0) is 6.04. The van der Waals surface area contributed by atoms with Gasteiger partial charge in [-0.15, -0.1) is 0 Å². The fraction of sp³-hybridized carbons (Fsp3) is 1.00. The molecule has 2 heteroatoms. The van der Waals surface area contributed by atoms with E-state index in [-0.39, 0.29) is 0 Å². The Morgan fingerprint density at radius 2 is 2.50 bits per heavy atom. The van der Waals surface area contributed by atoms with Crippen LogP contribution in [0, 0.1) is 5.41 Å². The lowest BCUT2D eigenvalue weighted by Gasteiger charge is -2.17. The smallest absolute Gasteiger partial charge is 0.00979 e. The van der Waals surface area contributed by atoms with E-state index in [0.717, 1.165) is 5.33 Å². The van der Waals surface area contributed by atoms with Crippen molar-refractivity contribution in [1.29, 1.82) is 0 Å². The third kappa shape index (κ3) is 1.23. The van der Waals surface area contributed by atoms with Gasteiger partial charge in [-0.25, -0.2) is 0 Å². The van der Waals surface area contributed by atoms with Crippen LogP contribution in [0.5, 0.6) is 0 Å². The van der Waals surface area contributed by atoms with Gasteiger partial charge < -0.3 is 5.32 Å². The fourth-order valence-corrected chi connectivity index (χ4v) is 1.46. The molecule has 1 aliphatic heterocycles. The highest BCUT2D eigenvalue weighted by atomic mass is 79.9. The number of alkyl halides is 1. The molecule has 48 valence electrons. The van der Waals surface area contributed by atoms with Crippen LogP contribution in [0.3, 0.4) is 0 Å². The van der Waals surface area contributed by atoms with Gasteiger partial charge in [0.2, 0.25) is 0 Å². The van der Waals surface area contributed by atoms with Gasteiger partial charge in [0.25, 0.3) is 0 Å². The summed E-state index contributed by atoms with van der Waals surface area (Å²) in [5, 5.41) is 4.47. The van der Waals surface area contributed by atoms with Gasteiger partial charge in [-0.2, -0.15) is 0 Å². The predicted molar refractivity (Wildman–Crippen MR) is 39.4 cm³/mol. The van der Waals surface area contributed by atoms with Gasteiger partial charge in [0, 0.05) is 11.9 Å². The fourth-order valence-electron chi connectivity index (χ4n) is 0.983. The predicted octanol–water partition coefficient (Wildman–Crippen LogP) is 1.38. The van der Waals surface area contributed by atoms with Crippen molar-refractivity contribution in [3.05, 3.63) is 0 Å². The minimum atomic E-state index is 0.542. The number of nitrogens with one attached hydrogen (secondary N) is 1. The molecule has 1 nitrogen and oxygen atoms in total. The van der Waals surface area contributed by atoms with Crippen molar-refractivity contribution < 1.29 is 0 Å². The minimum Gasteiger partial charge on any atom is -0.316 e. The summed E-state index contributed by atoms with van der Waals surface area (Å²) in [7, 11) is 0. The lowest BCUT2D eigenvalue weighted by atomic mass is 9.93. The first-order valence-corrected chi connectivity index (χ1v) is 4.16. The normalized spacial score (nSPS) is 38.2. The Morgan fingerprint density at radius 1 is 1.75 bits per heavy atom. The van der Waals surface area contributed by atoms with Crippen LogP contribution in [0.4, 0.5) is 0 Å². The molecule has 0 radical (unpaired) electrons. The van der Waals surface area contributed by atoms with Gasteiger partial charge in [0.1, 0.15) is 0 Å². The monoisotopic (exact) mass is 177 g/mol. The highest BCUT2D eigenvalue weighted by Crippen LogP contribution is 2.25. The molecule has 0 saturated carbocycles. The molecule has 0 amide bonds. The summed E-state index contributed by atoms with van der Waals surface area (Å²) in [4.78, 5) is 0. The van der Waals surface area contributed by atoms with E-state index in [9.17, 15) is 0 Å². The summed E-state index contributed by atoms with van der Waals surface area (Å²) in [6, 6.07) is 0. The lowest BCUT2D eigenvalue weighted by Crippen LogP contribution is -2.21. The zero-order valence-corrected chi connectivity index (χ0v) is 6.79. The highest BCUT2D eigenvalue weighted by Gasteiger charge is 2.26. The van der Waals surface area contributed by atoms with Gasteiger partial charge in [-0.05, 0) is 18.4 Å². The number of hydrogen-bond donors (Lipinski definition) is 1. The molecule has 8 heavy (non-hydrogen) atoms. The molecule has 0 aliphatic carbocycles. The van der Waals surface area contributed by atoms with Crippen LogP contribution in [0.15, 0.2) is 0 Å². The Balaban J connectivity index is 2.40. The van der Waals surface area contributed by atoms with Crippen LogP contribution in [0.1, 0.15) is 13.3 Å². The average molecular weight is 178 g/mol. The maximum Gasteiger partial charge on any atom is 0.00979 e. The van der Waals surface area contributed by atoms with Crippen LogP contribution >= 0.6 is 15.9 Å². The Bertz CT molecular complexity index is 76.6. The van der Waals surface area contributed by atoms with E-state index in [1.165, 1.54) is 19.5 Å². The molecule has 0 bridgehead atoms. The van der Waals surface area contributed by atoms with Crippen molar-refractivity contribution in [2.75, 3.05) is 18.4 Å². The minimum absolute atomic E-state index is 0.542. The molecule has 0 aromatic carbocycles. The van der Waals surface area contributed by atoms with Crippen molar-refractivity contribution in [2.45, 2.75) is 13.3 Å². The maximum atomic E-state index is 3.49. The molecule has 1 heterocycles. The molecule has 1 unspecified atom stereocenters. The van der Waals surface area contributed by atoms with Crippen LogP contribution < -0.4 is 5.32 Å². The standard InChI is InChI=1S/C6H12BrN/c1-6(4-7)2-3-8-5-6/h8H,2-5H2,1H3. The van der Waals surface area contributed by atoms with E-state index < -0.39 is 0 Å². The van der Waals surface area contributed by atoms with E-state index in [0.29, 0.717) is 5.41 Å². The van der Waals surface area contributed by atoms with Crippen molar-refractivity contribution in [1.82, 2.24) is 5.32 Å². The molecule has 0 aromatic heterocycles. The molecule has 0 aromatic rings. The van der Waals surface area contributed by atoms with Crippen molar-refractivity contribution in [2.24, 2.45) is 5.41 Å². The Labute approximate surface area is 59.0 Å². The van der Waals surface area contributed by atoms with Crippen LogP contribution in [-0.4, -0.2) is 18.4 Å². The summed E-state index contributed by atoms with van der Waals surface area (Å²) < 4.78 is 0. The van der Waals surface area contributed by atoms with E-state index in [2.05, 4.69) is 28.2 Å². The lowest BCUT2D eigenvalue weighted by molar-refractivity contribution is 0.427. The van der Waals surface area contributed by atoms with Crippen LogP contribution in [-0.2, 0) is 0 Å². The quantitative estimate of drug-likeness (QED) is 0.598. The van der Waals surface area contributed by atoms with Gasteiger partial charge in [0.15, 0.2) is 0 Å². The van der Waals surface area contributed by atoms with Gasteiger partial charge in [0.05, 0.1) is 0 Å². The van der Waals surface area contributed by atoms with E-state index in [1.54, 1.807) is 0 Å². The topological polar surface area (TPSA) is 12.0 Å². The maximum absolute atomic E-state index is 3.49. The summed E-state index contributed by atoms with van der Waals surface area (Å²) in [5.41, 5.74) is 0.542. The van der Waals surface area contributed by atoms with Crippen LogP contribution in [0.25, 0.3) is 0 Å². The molecule has 1 atom stereocenters. The average Bonchev–Trinajstić information content (AvgIpc) is 2.17. The Morgan fingerprint density at radius 3 is 2.75 bits per heavy atom. The van der Waals surface area contributed by atoms with Gasteiger partial charge in [-0.3, -0.25) is 0 Å². The molecular formula is C6H12BrN. The van der Waals surface area contributed by atoms with Gasteiger partial charge in [-0.1, -0.05) is 22.9 Å². The first-order valence-electron chi connectivity index (χ1n) is 3.04. The summed E-state index contributed by atoms with van der Waals surface area (Å²) >= 11 is 3.49. The van der Waals surface area contributed by atoms with Crippen molar-refractivity contribution in [3.8, 4) is 0 Å². The summed E-state index contributed by atoms with van der Waals surface area (Å²) in [5.74, 6) is 0. The summed E-state index contributed by atoms with van der Waals surface area (Å²) in [6.45, 7) is 4.68. The van der Waals surface area contributed by atoms with E-state index >= 15 is 0 Å². The second-order valence-corrected chi connectivity index (χ2v) is 3.43. The molecule has 1 saturated heterocycles. The second kappa shape index (κ2) is 2.36. The molecule has 0 spiro atoms. The molecule has 1 aliphatic rings. The number of hydrogen-bond acceptors (Lipinski definition) is 1. The zero-order valence-electron chi connectivity index (χ0n) is 5.21. The third-order valence-corrected chi connectivity index (χ3v) is 3.13. The molecular weight excluding hydrogens is 166 g/mol. The largest absolute Gasteiger partial charge is 0.316 e. The van der Waals surface area contributed by atoms with Gasteiger partial charge >= 0.3 is 0 Å². The molecule has 1 N–H and O–H groups in total. The Kier molecular flexibility index (Phi) is 1.93. The van der Waals surface area contributed by atoms with E-state index in [4.69, 9.17) is 0 Å².